The van der Waals surface area contributed by atoms with Crippen molar-refractivity contribution in [1.29, 1.82) is 0 Å². The molecule has 0 N–H and O–H groups in total. The standard InChI is InChI=1S/C15H13Cl3N4O/c1-21(2)14-9-6-8(23-3)4-5-11(9)19-15(20-14)22-12(17)7-10(16)13(22)18/h4-7H,1-3H3. The zero-order chi connectivity index (χ0) is 16.7. The van der Waals surface area contributed by atoms with Crippen LogP contribution in [0.25, 0.3) is 16.9 Å². The maximum Gasteiger partial charge on any atom is 0.238 e. The zero-order valence-electron chi connectivity index (χ0n) is 12.6. The molecule has 2 heterocycles. The topological polar surface area (TPSA) is 43.2 Å². The first-order valence-corrected chi connectivity index (χ1v) is 7.81. The molecule has 0 saturated heterocycles. The van der Waals surface area contributed by atoms with E-state index < -0.39 is 0 Å². The van der Waals surface area contributed by atoms with Crippen LogP contribution >= 0.6 is 34.8 Å². The minimum atomic E-state index is 0.272. The summed E-state index contributed by atoms with van der Waals surface area (Å²) in [6.45, 7) is 0. The van der Waals surface area contributed by atoms with Crippen LogP contribution in [0.15, 0.2) is 24.3 Å². The molecule has 3 rings (SSSR count). The van der Waals surface area contributed by atoms with Crippen LogP contribution in [0.3, 0.4) is 0 Å². The SMILES string of the molecule is COc1ccc2nc(-n3c(Cl)cc(Cl)c3Cl)nc(N(C)C)c2c1. The Hall–Kier alpha value is -1.69. The van der Waals surface area contributed by atoms with E-state index >= 15 is 0 Å². The van der Waals surface area contributed by atoms with E-state index in [1.54, 1.807) is 13.2 Å². The van der Waals surface area contributed by atoms with Crippen molar-refractivity contribution in [2.75, 3.05) is 26.1 Å². The second-order valence-corrected chi connectivity index (χ2v) is 6.22. The number of aromatic nitrogens is 3. The number of rotatable bonds is 3. The molecule has 0 bridgehead atoms. The third kappa shape index (κ3) is 2.80. The van der Waals surface area contributed by atoms with Gasteiger partial charge in [0.1, 0.15) is 21.9 Å². The summed E-state index contributed by atoms with van der Waals surface area (Å²) >= 11 is 18.4. The molecule has 23 heavy (non-hydrogen) atoms. The number of hydrogen-bond donors (Lipinski definition) is 0. The lowest BCUT2D eigenvalue weighted by Crippen LogP contribution is -2.14. The lowest BCUT2D eigenvalue weighted by atomic mass is 10.2. The fourth-order valence-electron chi connectivity index (χ4n) is 2.26. The van der Waals surface area contributed by atoms with Gasteiger partial charge in [0.25, 0.3) is 0 Å². The van der Waals surface area contributed by atoms with Crippen molar-refractivity contribution in [2.24, 2.45) is 0 Å². The molecular weight excluding hydrogens is 359 g/mol. The fourth-order valence-corrected chi connectivity index (χ4v) is 3.04. The molecule has 0 fully saturated rings. The van der Waals surface area contributed by atoms with Crippen molar-refractivity contribution >= 4 is 51.5 Å². The summed E-state index contributed by atoms with van der Waals surface area (Å²) in [6, 6.07) is 7.15. The third-order valence-electron chi connectivity index (χ3n) is 3.35. The second-order valence-electron chi connectivity index (χ2n) is 5.07. The summed E-state index contributed by atoms with van der Waals surface area (Å²) in [7, 11) is 5.42. The average Bonchev–Trinajstić information content (AvgIpc) is 2.78. The smallest absolute Gasteiger partial charge is 0.238 e. The Balaban J connectivity index is 2.31. The van der Waals surface area contributed by atoms with Crippen LogP contribution in [0.1, 0.15) is 0 Å². The third-order valence-corrected chi connectivity index (χ3v) is 4.38. The first-order chi connectivity index (χ1) is 10.9. The zero-order valence-corrected chi connectivity index (χ0v) is 14.9. The number of anilines is 1. The van der Waals surface area contributed by atoms with Crippen LogP contribution in [0, 0.1) is 0 Å². The van der Waals surface area contributed by atoms with E-state index in [1.807, 2.05) is 37.2 Å². The molecule has 5 nitrogen and oxygen atoms in total. The molecule has 0 aliphatic rings. The van der Waals surface area contributed by atoms with Gasteiger partial charge in [-0.3, -0.25) is 4.57 Å². The molecule has 0 aliphatic heterocycles. The lowest BCUT2D eigenvalue weighted by Gasteiger charge is -2.16. The molecule has 3 aromatic rings. The molecular formula is C15H13Cl3N4O. The summed E-state index contributed by atoms with van der Waals surface area (Å²) in [6.07, 6.45) is 0. The Kier molecular flexibility index (Phi) is 4.27. The highest BCUT2D eigenvalue weighted by Crippen LogP contribution is 2.33. The number of fused-ring (bicyclic) bond motifs is 1. The van der Waals surface area contributed by atoms with Gasteiger partial charge in [0.15, 0.2) is 0 Å². The molecule has 0 spiro atoms. The number of nitrogens with zero attached hydrogens (tertiary/aromatic N) is 4. The van der Waals surface area contributed by atoms with Gasteiger partial charge in [-0.05, 0) is 24.3 Å². The molecule has 0 radical (unpaired) electrons. The van der Waals surface area contributed by atoms with Crippen molar-refractivity contribution in [3.8, 4) is 11.7 Å². The first kappa shape index (κ1) is 16.2. The molecule has 8 heteroatoms. The van der Waals surface area contributed by atoms with Crippen LogP contribution in [-0.2, 0) is 0 Å². The van der Waals surface area contributed by atoms with E-state index in [1.165, 1.54) is 4.57 Å². The van der Waals surface area contributed by atoms with Gasteiger partial charge in [-0.15, -0.1) is 0 Å². The normalized spacial score (nSPS) is 11.0. The summed E-state index contributed by atoms with van der Waals surface area (Å²) in [4.78, 5) is 11.0. The van der Waals surface area contributed by atoms with E-state index in [0.29, 0.717) is 16.1 Å². The predicted molar refractivity (Wildman–Crippen MR) is 94.8 cm³/mol. The molecule has 120 valence electrons. The Bertz CT molecular complexity index is 892. The minimum Gasteiger partial charge on any atom is -0.497 e. The molecule has 0 unspecified atom stereocenters. The van der Waals surface area contributed by atoms with Gasteiger partial charge in [-0.2, -0.15) is 4.98 Å². The van der Waals surface area contributed by atoms with Crippen molar-refractivity contribution in [3.63, 3.8) is 0 Å². The van der Waals surface area contributed by atoms with E-state index in [4.69, 9.17) is 39.5 Å². The Morgan fingerprint density at radius 2 is 1.83 bits per heavy atom. The highest BCUT2D eigenvalue weighted by Gasteiger charge is 2.18. The second kappa shape index (κ2) is 6.07. The molecule has 0 aliphatic carbocycles. The van der Waals surface area contributed by atoms with Gasteiger partial charge in [0.2, 0.25) is 5.95 Å². The molecule has 0 saturated carbocycles. The van der Waals surface area contributed by atoms with Crippen LogP contribution < -0.4 is 9.64 Å². The Morgan fingerprint density at radius 3 is 2.39 bits per heavy atom. The first-order valence-electron chi connectivity index (χ1n) is 6.68. The molecule has 0 amide bonds. The molecule has 2 aromatic heterocycles. The summed E-state index contributed by atoms with van der Waals surface area (Å²) < 4.78 is 6.78. The highest BCUT2D eigenvalue weighted by molar-refractivity contribution is 6.43. The number of benzene rings is 1. The van der Waals surface area contributed by atoms with E-state index in [-0.39, 0.29) is 5.15 Å². The van der Waals surface area contributed by atoms with Gasteiger partial charge in [-0.1, -0.05) is 34.8 Å². The number of halogens is 3. The maximum absolute atomic E-state index is 6.21. The summed E-state index contributed by atoms with van der Waals surface area (Å²) in [5, 5.41) is 1.83. The van der Waals surface area contributed by atoms with Gasteiger partial charge in [0, 0.05) is 19.5 Å². The van der Waals surface area contributed by atoms with Crippen molar-refractivity contribution in [2.45, 2.75) is 0 Å². The summed E-state index contributed by atoms with van der Waals surface area (Å²) in [5.74, 6) is 1.81. The van der Waals surface area contributed by atoms with Crippen LogP contribution in [-0.4, -0.2) is 35.7 Å². The van der Waals surface area contributed by atoms with E-state index in [2.05, 4.69) is 9.97 Å². The fraction of sp³-hybridized carbons (Fsp3) is 0.200. The van der Waals surface area contributed by atoms with Gasteiger partial charge in [-0.25, -0.2) is 4.98 Å². The summed E-state index contributed by atoms with van der Waals surface area (Å²) in [5.41, 5.74) is 0.747. The lowest BCUT2D eigenvalue weighted by molar-refractivity contribution is 0.415. The number of methoxy groups -OCH3 is 1. The Morgan fingerprint density at radius 1 is 1.09 bits per heavy atom. The van der Waals surface area contributed by atoms with Gasteiger partial charge < -0.3 is 9.64 Å². The van der Waals surface area contributed by atoms with Gasteiger partial charge in [0.05, 0.1) is 17.6 Å². The quantitative estimate of drug-likeness (QED) is 0.682. The molecule has 1 aromatic carbocycles. The van der Waals surface area contributed by atoms with E-state index in [0.717, 1.165) is 22.5 Å². The van der Waals surface area contributed by atoms with E-state index in [9.17, 15) is 0 Å². The number of ether oxygens (including phenoxy) is 1. The predicted octanol–water partition coefficient (Wildman–Crippen LogP) is 4.46. The number of hydrogen-bond acceptors (Lipinski definition) is 4. The van der Waals surface area contributed by atoms with Crippen LogP contribution in [0.2, 0.25) is 15.3 Å². The molecule has 0 atom stereocenters. The minimum absolute atomic E-state index is 0.272. The van der Waals surface area contributed by atoms with Crippen molar-refractivity contribution in [3.05, 3.63) is 39.6 Å². The maximum atomic E-state index is 6.21. The van der Waals surface area contributed by atoms with Crippen molar-refractivity contribution < 1.29 is 4.74 Å². The monoisotopic (exact) mass is 370 g/mol. The highest BCUT2D eigenvalue weighted by atomic mass is 35.5. The van der Waals surface area contributed by atoms with Gasteiger partial charge >= 0.3 is 0 Å². The Labute approximate surface area is 148 Å². The largest absolute Gasteiger partial charge is 0.497 e. The average molecular weight is 372 g/mol. The van der Waals surface area contributed by atoms with Crippen LogP contribution in [0.5, 0.6) is 5.75 Å². The van der Waals surface area contributed by atoms with Crippen LogP contribution in [0.4, 0.5) is 5.82 Å². The van der Waals surface area contributed by atoms with Crippen molar-refractivity contribution in [1.82, 2.24) is 14.5 Å².